The highest BCUT2D eigenvalue weighted by atomic mass is 16.5. The van der Waals surface area contributed by atoms with Gasteiger partial charge in [0, 0.05) is 39.8 Å². The van der Waals surface area contributed by atoms with E-state index >= 15 is 0 Å². The fourth-order valence-corrected chi connectivity index (χ4v) is 2.44. The lowest BCUT2D eigenvalue weighted by atomic mass is 10.0. The van der Waals surface area contributed by atoms with Crippen molar-refractivity contribution in [2.45, 2.75) is 26.3 Å². The van der Waals surface area contributed by atoms with Crippen LogP contribution in [-0.2, 0) is 14.3 Å². The number of piperazine rings is 1. The maximum Gasteiger partial charge on any atom is 0.246 e. The first kappa shape index (κ1) is 18.9. The predicted octanol–water partition coefficient (Wildman–Crippen LogP) is -0.815. The second-order valence-corrected chi connectivity index (χ2v) is 5.96. The maximum atomic E-state index is 12.2. The summed E-state index contributed by atoms with van der Waals surface area (Å²) in [7, 11) is 1.46. The number of hydrogen-bond acceptors (Lipinski definition) is 5. The van der Waals surface area contributed by atoms with Crippen LogP contribution in [0.15, 0.2) is 0 Å². The lowest BCUT2D eigenvalue weighted by molar-refractivity contribution is -0.131. The first-order valence-electron chi connectivity index (χ1n) is 8.03. The molecule has 0 aliphatic carbocycles. The quantitative estimate of drug-likeness (QED) is 0.485. The van der Waals surface area contributed by atoms with Gasteiger partial charge in [-0.2, -0.15) is 0 Å². The highest BCUT2D eigenvalue weighted by Crippen LogP contribution is 2.02. The van der Waals surface area contributed by atoms with Crippen LogP contribution in [0.5, 0.6) is 0 Å². The van der Waals surface area contributed by atoms with Crippen molar-refractivity contribution < 1.29 is 14.3 Å². The third-order valence-corrected chi connectivity index (χ3v) is 3.70. The second-order valence-electron chi connectivity index (χ2n) is 5.96. The summed E-state index contributed by atoms with van der Waals surface area (Å²) >= 11 is 0. The number of carbonyl (C=O) groups is 2. The summed E-state index contributed by atoms with van der Waals surface area (Å²) in [5.41, 5.74) is 0. The molecule has 22 heavy (non-hydrogen) atoms. The van der Waals surface area contributed by atoms with Crippen molar-refractivity contribution in [2.75, 3.05) is 53.0 Å². The molecule has 0 spiro atoms. The minimum Gasteiger partial charge on any atom is -0.375 e. The molecule has 0 bridgehead atoms. The summed E-state index contributed by atoms with van der Waals surface area (Å²) in [5, 5.41) is 8.94. The van der Waals surface area contributed by atoms with Crippen molar-refractivity contribution >= 4 is 11.8 Å². The largest absolute Gasteiger partial charge is 0.375 e. The molecule has 2 amide bonds. The lowest BCUT2D eigenvalue weighted by Gasteiger charge is -2.27. The number of rotatable bonds is 9. The fraction of sp³-hybridized carbons (Fsp3) is 0.867. The lowest BCUT2D eigenvalue weighted by Crippen LogP contribution is -2.51. The van der Waals surface area contributed by atoms with Crippen LogP contribution in [0, 0.1) is 5.92 Å². The van der Waals surface area contributed by atoms with E-state index in [1.165, 1.54) is 7.11 Å². The molecule has 0 aromatic heterocycles. The molecular weight excluding hydrogens is 284 g/mol. The number of carbonyl (C=O) groups excluding carboxylic acids is 2. The van der Waals surface area contributed by atoms with Gasteiger partial charge in [-0.25, -0.2) is 0 Å². The summed E-state index contributed by atoms with van der Waals surface area (Å²) in [4.78, 5) is 26.1. The first-order valence-corrected chi connectivity index (χ1v) is 8.03. The third kappa shape index (κ3) is 7.20. The van der Waals surface area contributed by atoms with E-state index in [4.69, 9.17) is 4.74 Å². The van der Waals surface area contributed by atoms with Gasteiger partial charge in [0.05, 0.1) is 0 Å². The van der Waals surface area contributed by atoms with E-state index < -0.39 is 6.04 Å². The van der Waals surface area contributed by atoms with E-state index in [-0.39, 0.29) is 24.3 Å². The molecule has 7 heteroatoms. The van der Waals surface area contributed by atoms with Crippen LogP contribution < -0.4 is 16.0 Å². The molecule has 1 heterocycles. The van der Waals surface area contributed by atoms with E-state index in [2.05, 4.69) is 20.9 Å². The Morgan fingerprint density at radius 2 is 1.95 bits per heavy atom. The molecule has 0 saturated carbocycles. The number of ether oxygens (including phenoxy) is 1. The normalized spacial score (nSPS) is 17.3. The van der Waals surface area contributed by atoms with Crippen LogP contribution in [0.2, 0.25) is 0 Å². The molecule has 0 aromatic rings. The average Bonchev–Trinajstić information content (AvgIpc) is 2.50. The highest BCUT2D eigenvalue weighted by Gasteiger charge is 2.23. The minimum atomic E-state index is -0.512. The predicted molar refractivity (Wildman–Crippen MR) is 85.6 cm³/mol. The topological polar surface area (TPSA) is 82.7 Å². The molecule has 7 nitrogen and oxygen atoms in total. The van der Waals surface area contributed by atoms with E-state index in [0.29, 0.717) is 6.54 Å². The van der Waals surface area contributed by atoms with Crippen LogP contribution in [0.4, 0.5) is 0 Å². The fourth-order valence-electron chi connectivity index (χ4n) is 2.44. The number of hydrogen-bond donors (Lipinski definition) is 3. The number of nitrogens with one attached hydrogen (secondary N) is 3. The van der Waals surface area contributed by atoms with Crippen molar-refractivity contribution in [3.8, 4) is 0 Å². The summed E-state index contributed by atoms with van der Waals surface area (Å²) in [6, 6.07) is -0.512. The van der Waals surface area contributed by atoms with Crippen molar-refractivity contribution in [2.24, 2.45) is 5.92 Å². The van der Waals surface area contributed by atoms with Gasteiger partial charge in [0.1, 0.15) is 12.6 Å². The van der Waals surface area contributed by atoms with Gasteiger partial charge in [-0.15, -0.1) is 0 Å². The van der Waals surface area contributed by atoms with Gasteiger partial charge in [-0.1, -0.05) is 13.8 Å². The Bertz CT molecular complexity index is 344. The third-order valence-electron chi connectivity index (χ3n) is 3.70. The molecular formula is C15H30N4O3. The minimum absolute atomic E-state index is 0.0283. The van der Waals surface area contributed by atoms with E-state index in [1.54, 1.807) is 0 Å². The zero-order valence-corrected chi connectivity index (χ0v) is 14.0. The van der Waals surface area contributed by atoms with Gasteiger partial charge < -0.3 is 25.6 Å². The molecule has 1 atom stereocenters. The Morgan fingerprint density at radius 3 is 2.55 bits per heavy atom. The SMILES string of the molecule is COCC(=O)N[C@H](C(=O)NCCCN1CCNCC1)C(C)C. The first-order chi connectivity index (χ1) is 10.5. The molecule has 1 rings (SSSR count). The Balaban J connectivity index is 2.26. The van der Waals surface area contributed by atoms with E-state index in [9.17, 15) is 9.59 Å². The summed E-state index contributed by atoms with van der Waals surface area (Å²) in [6.45, 7) is 9.62. The van der Waals surface area contributed by atoms with Crippen LogP contribution >= 0.6 is 0 Å². The molecule has 0 unspecified atom stereocenters. The average molecular weight is 314 g/mol. The summed E-state index contributed by atoms with van der Waals surface area (Å²) in [6.07, 6.45) is 0.919. The van der Waals surface area contributed by atoms with Crippen molar-refractivity contribution in [1.82, 2.24) is 20.9 Å². The molecule has 0 radical (unpaired) electrons. The Kier molecular flexibility index (Phi) is 9.03. The number of nitrogens with zero attached hydrogens (tertiary/aromatic N) is 1. The number of amides is 2. The van der Waals surface area contributed by atoms with Gasteiger partial charge in [-0.05, 0) is 18.9 Å². The van der Waals surface area contributed by atoms with Gasteiger partial charge >= 0.3 is 0 Å². The summed E-state index contributed by atoms with van der Waals surface area (Å²) < 4.78 is 4.78. The zero-order chi connectivity index (χ0) is 16.4. The second kappa shape index (κ2) is 10.5. The van der Waals surface area contributed by atoms with Crippen LogP contribution in [0.1, 0.15) is 20.3 Å². The Labute approximate surface area is 133 Å². The van der Waals surface area contributed by atoms with Gasteiger partial charge in [0.2, 0.25) is 11.8 Å². The molecule has 1 saturated heterocycles. The molecule has 3 N–H and O–H groups in total. The molecule has 1 aliphatic heterocycles. The highest BCUT2D eigenvalue weighted by molar-refractivity contribution is 5.88. The smallest absolute Gasteiger partial charge is 0.246 e. The van der Waals surface area contributed by atoms with Crippen molar-refractivity contribution in [3.05, 3.63) is 0 Å². The van der Waals surface area contributed by atoms with Gasteiger partial charge in [0.25, 0.3) is 0 Å². The Morgan fingerprint density at radius 1 is 1.27 bits per heavy atom. The van der Waals surface area contributed by atoms with Crippen LogP contribution in [-0.4, -0.2) is 75.7 Å². The van der Waals surface area contributed by atoms with E-state index in [1.807, 2.05) is 13.8 Å². The van der Waals surface area contributed by atoms with Crippen LogP contribution in [0.3, 0.4) is 0 Å². The van der Waals surface area contributed by atoms with Gasteiger partial charge in [-0.3, -0.25) is 9.59 Å². The summed E-state index contributed by atoms with van der Waals surface area (Å²) in [5.74, 6) is -0.356. The van der Waals surface area contributed by atoms with Crippen molar-refractivity contribution in [3.63, 3.8) is 0 Å². The molecule has 0 aromatic carbocycles. The van der Waals surface area contributed by atoms with E-state index in [0.717, 1.165) is 39.1 Å². The van der Waals surface area contributed by atoms with Crippen LogP contribution in [0.25, 0.3) is 0 Å². The Hall–Kier alpha value is -1.18. The maximum absolute atomic E-state index is 12.2. The molecule has 1 aliphatic rings. The molecule has 1 fully saturated rings. The van der Waals surface area contributed by atoms with Crippen molar-refractivity contribution in [1.29, 1.82) is 0 Å². The standard InChI is InChI=1S/C15H30N4O3/c1-12(2)14(18-13(20)11-22-3)15(21)17-5-4-8-19-9-6-16-7-10-19/h12,14,16H,4-11H2,1-3H3,(H,17,21)(H,18,20)/t14-/m0/s1. The zero-order valence-electron chi connectivity index (χ0n) is 14.0. The monoisotopic (exact) mass is 314 g/mol. The van der Waals surface area contributed by atoms with Gasteiger partial charge in [0.15, 0.2) is 0 Å². The number of methoxy groups -OCH3 is 1. The molecule has 128 valence electrons.